The van der Waals surface area contributed by atoms with Crippen LogP contribution in [-0.2, 0) is 22.4 Å². The Labute approximate surface area is 153 Å². The predicted octanol–water partition coefficient (Wildman–Crippen LogP) is 2.08. The number of ether oxygens (including phenoxy) is 2. The van der Waals surface area contributed by atoms with Crippen LogP contribution in [0.1, 0.15) is 17.5 Å². The first kappa shape index (κ1) is 18.2. The van der Waals surface area contributed by atoms with E-state index in [-0.39, 0.29) is 12.0 Å². The highest BCUT2D eigenvalue weighted by Gasteiger charge is 2.24. The summed E-state index contributed by atoms with van der Waals surface area (Å²) in [5.74, 6) is 1.46. The number of anilines is 1. The molecule has 0 spiro atoms. The van der Waals surface area contributed by atoms with Gasteiger partial charge in [-0.25, -0.2) is 4.98 Å². The largest absolute Gasteiger partial charge is 0.497 e. The second-order valence-corrected chi connectivity index (χ2v) is 6.49. The van der Waals surface area contributed by atoms with Crippen LogP contribution in [0.2, 0.25) is 0 Å². The zero-order valence-electron chi connectivity index (χ0n) is 15.1. The molecule has 1 saturated heterocycles. The van der Waals surface area contributed by atoms with Crippen LogP contribution in [0.5, 0.6) is 5.75 Å². The Morgan fingerprint density at radius 2 is 2.12 bits per heavy atom. The average molecular weight is 355 g/mol. The molecule has 1 unspecified atom stereocenters. The lowest BCUT2D eigenvalue weighted by Gasteiger charge is -2.33. The van der Waals surface area contributed by atoms with Crippen molar-refractivity contribution in [2.24, 2.45) is 0 Å². The molecular weight excluding hydrogens is 330 g/mol. The number of pyridine rings is 1. The van der Waals surface area contributed by atoms with Crippen molar-refractivity contribution in [2.75, 3.05) is 32.5 Å². The van der Waals surface area contributed by atoms with Gasteiger partial charge >= 0.3 is 0 Å². The maximum Gasteiger partial charge on any atom is 0.227 e. The lowest BCUT2D eigenvalue weighted by atomic mass is 10.1. The van der Waals surface area contributed by atoms with Crippen LogP contribution < -0.4 is 10.5 Å². The number of carbonyl (C=O) groups is 1. The van der Waals surface area contributed by atoms with Crippen molar-refractivity contribution < 1.29 is 14.3 Å². The number of rotatable bonds is 6. The van der Waals surface area contributed by atoms with Crippen LogP contribution in [0.3, 0.4) is 0 Å². The minimum absolute atomic E-state index is 0.0537. The Bertz CT molecular complexity index is 733. The maximum absolute atomic E-state index is 12.6. The number of nitrogen functional groups attached to an aromatic ring is 1. The van der Waals surface area contributed by atoms with Crippen molar-refractivity contribution >= 4 is 11.7 Å². The van der Waals surface area contributed by atoms with Gasteiger partial charge in [-0.15, -0.1) is 0 Å². The second-order valence-electron chi connectivity index (χ2n) is 6.49. The molecule has 6 heteroatoms. The Balaban J connectivity index is 1.51. The molecule has 1 aromatic carbocycles. The fourth-order valence-corrected chi connectivity index (χ4v) is 3.13. The van der Waals surface area contributed by atoms with Gasteiger partial charge in [-0.05, 0) is 48.2 Å². The zero-order chi connectivity index (χ0) is 18.4. The van der Waals surface area contributed by atoms with E-state index in [4.69, 9.17) is 15.2 Å². The van der Waals surface area contributed by atoms with Gasteiger partial charge in [-0.1, -0.05) is 12.1 Å². The number of nitrogens with two attached hydrogens (primary N) is 1. The summed E-state index contributed by atoms with van der Waals surface area (Å²) in [4.78, 5) is 18.5. The molecule has 0 bridgehead atoms. The monoisotopic (exact) mass is 355 g/mol. The molecule has 0 saturated carbocycles. The summed E-state index contributed by atoms with van der Waals surface area (Å²) < 4.78 is 11.0. The van der Waals surface area contributed by atoms with E-state index in [9.17, 15) is 4.79 Å². The van der Waals surface area contributed by atoms with Gasteiger partial charge in [0.05, 0.1) is 26.2 Å². The summed E-state index contributed by atoms with van der Waals surface area (Å²) in [6.45, 7) is 1.86. The lowest BCUT2D eigenvalue weighted by Crippen LogP contribution is -2.46. The highest BCUT2D eigenvalue weighted by atomic mass is 16.5. The lowest BCUT2D eigenvalue weighted by molar-refractivity contribution is -0.138. The van der Waals surface area contributed by atoms with E-state index < -0.39 is 0 Å². The van der Waals surface area contributed by atoms with Gasteiger partial charge in [0.1, 0.15) is 11.6 Å². The topological polar surface area (TPSA) is 77.7 Å². The van der Waals surface area contributed by atoms with Crippen LogP contribution in [0.4, 0.5) is 5.82 Å². The number of morpholine rings is 1. The normalized spacial score (nSPS) is 17.1. The number of nitrogens with zero attached hydrogens (tertiary/aromatic N) is 2. The van der Waals surface area contributed by atoms with Crippen molar-refractivity contribution in [3.8, 4) is 5.75 Å². The molecule has 3 rings (SSSR count). The van der Waals surface area contributed by atoms with Crippen LogP contribution in [0.25, 0.3) is 0 Å². The first-order valence-corrected chi connectivity index (χ1v) is 8.87. The van der Waals surface area contributed by atoms with Crippen molar-refractivity contribution in [3.63, 3.8) is 0 Å². The van der Waals surface area contributed by atoms with Crippen LogP contribution >= 0.6 is 0 Å². The molecule has 26 heavy (non-hydrogen) atoms. The Morgan fingerprint density at radius 1 is 1.31 bits per heavy atom. The van der Waals surface area contributed by atoms with Gasteiger partial charge in [0.15, 0.2) is 0 Å². The molecule has 0 aliphatic carbocycles. The Hall–Kier alpha value is -2.60. The molecule has 2 N–H and O–H groups in total. The molecule has 1 amide bonds. The molecule has 1 aliphatic rings. The van der Waals surface area contributed by atoms with Gasteiger partial charge in [0, 0.05) is 19.3 Å². The molecule has 1 atom stereocenters. The van der Waals surface area contributed by atoms with Crippen LogP contribution in [-0.4, -0.2) is 48.7 Å². The minimum Gasteiger partial charge on any atom is -0.497 e. The van der Waals surface area contributed by atoms with E-state index in [2.05, 4.69) is 4.98 Å². The van der Waals surface area contributed by atoms with Gasteiger partial charge < -0.3 is 20.1 Å². The molecule has 1 aliphatic heterocycles. The van der Waals surface area contributed by atoms with Gasteiger partial charge in [-0.3, -0.25) is 4.79 Å². The molecule has 2 aromatic rings. The van der Waals surface area contributed by atoms with Crippen LogP contribution in [0.15, 0.2) is 42.6 Å². The summed E-state index contributed by atoms with van der Waals surface area (Å²) in [5.41, 5.74) is 7.85. The van der Waals surface area contributed by atoms with E-state index in [0.717, 1.165) is 29.7 Å². The molecule has 6 nitrogen and oxygen atoms in total. The minimum atomic E-state index is 0.0537. The number of benzene rings is 1. The first-order chi connectivity index (χ1) is 12.6. The SMILES string of the molecule is COc1ccc(CC(=O)N2CCOC(CCc3ccnc(N)c3)C2)cc1. The third kappa shape index (κ3) is 4.95. The third-order valence-electron chi connectivity index (χ3n) is 4.61. The first-order valence-electron chi connectivity index (χ1n) is 8.87. The highest BCUT2D eigenvalue weighted by molar-refractivity contribution is 5.79. The Kier molecular flexibility index (Phi) is 6.07. The summed E-state index contributed by atoms with van der Waals surface area (Å²) >= 11 is 0. The van der Waals surface area contributed by atoms with Crippen molar-refractivity contribution in [2.45, 2.75) is 25.4 Å². The fraction of sp³-hybridized carbons (Fsp3) is 0.400. The number of hydrogen-bond donors (Lipinski definition) is 1. The second kappa shape index (κ2) is 8.67. The molecule has 1 fully saturated rings. The Morgan fingerprint density at radius 3 is 2.85 bits per heavy atom. The number of amides is 1. The molecular formula is C20H25N3O3. The third-order valence-corrected chi connectivity index (χ3v) is 4.61. The standard InChI is InChI=1S/C20H25N3O3/c1-25-17-5-2-15(3-6-17)13-20(24)23-10-11-26-18(14-23)7-4-16-8-9-22-19(21)12-16/h2-3,5-6,8-9,12,18H,4,7,10-11,13-14H2,1H3,(H2,21,22). The number of aromatic nitrogens is 1. The maximum atomic E-state index is 12.6. The number of aryl methyl sites for hydroxylation is 1. The summed E-state index contributed by atoms with van der Waals surface area (Å²) in [6, 6.07) is 11.5. The molecule has 1 aromatic heterocycles. The zero-order valence-corrected chi connectivity index (χ0v) is 15.1. The average Bonchev–Trinajstić information content (AvgIpc) is 2.67. The summed E-state index contributed by atoms with van der Waals surface area (Å²) in [5, 5.41) is 0. The van der Waals surface area contributed by atoms with Crippen molar-refractivity contribution in [1.29, 1.82) is 0 Å². The smallest absolute Gasteiger partial charge is 0.227 e. The molecule has 2 heterocycles. The van der Waals surface area contributed by atoms with Gasteiger partial charge in [-0.2, -0.15) is 0 Å². The molecule has 0 radical (unpaired) electrons. The van der Waals surface area contributed by atoms with Crippen molar-refractivity contribution in [3.05, 3.63) is 53.7 Å². The van der Waals surface area contributed by atoms with Gasteiger partial charge in [0.2, 0.25) is 5.91 Å². The van der Waals surface area contributed by atoms with Gasteiger partial charge in [0.25, 0.3) is 0 Å². The fourth-order valence-electron chi connectivity index (χ4n) is 3.13. The summed E-state index contributed by atoms with van der Waals surface area (Å²) in [6.07, 6.45) is 3.89. The predicted molar refractivity (Wildman–Crippen MR) is 100.0 cm³/mol. The quantitative estimate of drug-likeness (QED) is 0.858. The number of methoxy groups -OCH3 is 1. The van der Waals surface area contributed by atoms with E-state index in [1.54, 1.807) is 13.3 Å². The van der Waals surface area contributed by atoms with Crippen LogP contribution in [0, 0.1) is 0 Å². The van der Waals surface area contributed by atoms with E-state index in [1.807, 2.05) is 41.3 Å². The van der Waals surface area contributed by atoms with E-state index in [0.29, 0.717) is 31.9 Å². The van der Waals surface area contributed by atoms with E-state index >= 15 is 0 Å². The summed E-state index contributed by atoms with van der Waals surface area (Å²) in [7, 11) is 1.63. The van der Waals surface area contributed by atoms with Crippen molar-refractivity contribution in [1.82, 2.24) is 9.88 Å². The number of carbonyl (C=O) groups excluding carboxylic acids is 1. The molecule has 138 valence electrons. The number of hydrogen-bond acceptors (Lipinski definition) is 5. The highest BCUT2D eigenvalue weighted by Crippen LogP contribution is 2.16. The van der Waals surface area contributed by atoms with E-state index in [1.165, 1.54) is 0 Å².